The van der Waals surface area contributed by atoms with Gasteiger partial charge >= 0.3 is 0 Å². The van der Waals surface area contributed by atoms with Crippen LogP contribution in [-0.4, -0.2) is 40.6 Å². The Labute approximate surface area is 160 Å². The first-order chi connectivity index (χ1) is 13.1. The maximum Gasteiger partial charge on any atom is 0.242 e. The molecule has 27 heavy (non-hydrogen) atoms. The van der Waals surface area contributed by atoms with Crippen LogP contribution in [0.1, 0.15) is 30.9 Å². The van der Waals surface area contributed by atoms with Crippen molar-refractivity contribution in [3.05, 3.63) is 66.0 Å². The molecule has 0 saturated heterocycles. The zero-order chi connectivity index (χ0) is 19.5. The minimum Gasteiger partial charge on any atom is -0.394 e. The third kappa shape index (κ3) is 7.19. The van der Waals surface area contributed by atoms with Crippen molar-refractivity contribution in [1.29, 1.82) is 0 Å². The van der Waals surface area contributed by atoms with E-state index in [0.717, 1.165) is 17.5 Å². The number of amides is 2. The molecule has 2 aromatic rings. The van der Waals surface area contributed by atoms with Gasteiger partial charge in [-0.05, 0) is 36.1 Å². The molecule has 0 bridgehead atoms. The zero-order valence-electron chi connectivity index (χ0n) is 15.6. The summed E-state index contributed by atoms with van der Waals surface area (Å²) in [4.78, 5) is 28.9. The number of carbonyl (C=O) groups excluding carboxylic acids is 2. The molecule has 1 heterocycles. The first-order valence-corrected chi connectivity index (χ1v) is 9.25. The van der Waals surface area contributed by atoms with Gasteiger partial charge in [-0.25, -0.2) is 0 Å². The van der Waals surface area contributed by atoms with Gasteiger partial charge in [-0.2, -0.15) is 0 Å². The van der Waals surface area contributed by atoms with Crippen molar-refractivity contribution < 1.29 is 14.7 Å². The Hall–Kier alpha value is -2.73. The molecule has 6 heteroatoms. The predicted octanol–water partition coefficient (Wildman–Crippen LogP) is 1.63. The Morgan fingerprint density at radius 3 is 2.37 bits per heavy atom. The normalized spacial score (nSPS) is 12.8. The van der Waals surface area contributed by atoms with Crippen molar-refractivity contribution >= 4 is 11.8 Å². The van der Waals surface area contributed by atoms with Gasteiger partial charge in [0.2, 0.25) is 11.8 Å². The van der Waals surface area contributed by atoms with Crippen molar-refractivity contribution in [2.24, 2.45) is 0 Å². The van der Waals surface area contributed by atoms with Crippen molar-refractivity contribution in [3.8, 4) is 0 Å². The second-order valence-electron chi connectivity index (χ2n) is 6.52. The first-order valence-electron chi connectivity index (χ1n) is 9.25. The molecule has 0 spiro atoms. The van der Waals surface area contributed by atoms with E-state index in [0.29, 0.717) is 12.8 Å². The summed E-state index contributed by atoms with van der Waals surface area (Å²) in [5.41, 5.74) is 1.88. The van der Waals surface area contributed by atoms with Crippen LogP contribution < -0.4 is 10.6 Å². The van der Waals surface area contributed by atoms with Crippen LogP contribution in [0.25, 0.3) is 0 Å². The molecule has 0 radical (unpaired) electrons. The smallest absolute Gasteiger partial charge is 0.242 e. The van der Waals surface area contributed by atoms with Gasteiger partial charge in [0, 0.05) is 12.4 Å². The van der Waals surface area contributed by atoms with E-state index in [9.17, 15) is 14.7 Å². The zero-order valence-corrected chi connectivity index (χ0v) is 15.6. The van der Waals surface area contributed by atoms with Crippen molar-refractivity contribution in [1.82, 2.24) is 15.6 Å². The van der Waals surface area contributed by atoms with Crippen LogP contribution in [-0.2, 0) is 22.4 Å². The quantitative estimate of drug-likeness (QED) is 0.594. The SMILES string of the molecule is CCC[C@@H](NC(=O)Cc1ccccc1)C(=O)N[C@@H](CO)Cc1ccncc1. The Morgan fingerprint density at radius 2 is 1.74 bits per heavy atom. The second-order valence-corrected chi connectivity index (χ2v) is 6.52. The maximum atomic E-state index is 12.6. The third-order valence-corrected chi connectivity index (χ3v) is 4.23. The van der Waals surface area contributed by atoms with Gasteiger partial charge in [0.25, 0.3) is 0 Å². The number of pyridine rings is 1. The molecule has 2 amide bonds. The van der Waals surface area contributed by atoms with Crippen molar-refractivity contribution in [2.45, 2.75) is 44.7 Å². The van der Waals surface area contributed by atoms with E-state index in [1.807, 2.05) is 49.4 Å². The number of nitrogens with zero attached hydrogens (tertiary/aromatic N) is 1. The van der Waals surface area contributed by atoms with Gasteiger partial charge in [0.15, 0.2) is 0 Å². The molecular formula is C21H27N3O3. The maximum absolute atomic E-state index is 12.6. The molecule has 1 aromatic heterocycles. The summed E-state index contributed by atoms with van der Waals surface area (Å²) in [6.45, 7) is 1.79. The molecule has 3 N–H and O–H groups in total. The number of benzene rings is 1. The molecule has 1 aromatic carbocycles. The Bertz CT molecular complexity index is 707. The largest absolute Gasteiger partial charge is 0.394 e. The van der Waals surface area contributed by atoms with E-state index in [1.165, 1.54) is 0 Å². The molecule has 0 aliphatic rings. The molecule has 0 fully saturated rings. The summed E-state index contributed by atoms with van der Waals surface area (Å²) in [6, 6.07) is 12.1. The van der Waals surface area contributed by atoms with Crippen LogP contribution in [0.5, 0.6) is 0 Å². The molecule has 2 atom stereocenters. The lowest BCUT2D eigenvalue weighted by atomic mass is 10.1. The summed E-state index contributed by atoms with van der Waals surface area (Å²) in [5.74, 6) is -0.462. The average Bonchev–Trinajstić information content (AvgIpc) is 2.68. The highest BCUT2D eigenvalue weighted by Crippen LogP contribution is 2.05. The van der Waals surface area contributed by atoms with Crippen molar-refractivity contribution in [3.63, 3.8) is 0 Å². The van der Waals surface area contributed by atoms with Crippen LogP contribution in [0.4, 0.5) is 0 Å². The van der Waals surface area contributed by atoms with E-state index in [-0.39, 0.29) is 24.8 Å². The predicted molar refractivity (Wildman–Crippen MR) is 104 cm³/mol. The van der Waals surface area contributed by atoms with E-state index < -0.39 is 12.1 Å². The molecule has 0 aliphatic heterocycles. The highest BCUT2D eigenvalue weighted by molar-refractivity contribution is 5.88. The molecule has 0 aliphatic carbocycles. The van der Waals surface area contributed by atoms with Gasteiger partial charge in [-0.3, -0.25) is 14.6 Å². The Balaban J connectivity index is 1.93. The number of hydrogen-bond donors (Lipinski definition) is 3. The number of aliphatic hydroxyl groups excluding tert-OH is 1. The van der Waals surface area contributed by atoms with Crippen LogP contribution in [0.3, 0.4) is 0 Å². The van der Waals surface area contributed by atoms with E-state index in [2.05, 4.69) is 15.6 Å². The number of aromatic nitrogens is 1. The third-order valence-electron chi connectivity index (χ3n) is 4.23. The summed E-state index contributed by atoms with van der Waals surface area (Å²) in [5, 5.41) is 15.3. The Morgan fingerprint density at radius 1 is 1.04 bits per heavy atom. The lowest BCUT2D eigenvalue weighted by Gasteiger charge is -2.22. The lowest BCUT2D eigenvalue weighted by molar-refractivity contribution is -0.129. The summed E-state index contributed by atoms with van der Waals surface area (Å²) >= 11 is 0. The standard InChI is InChI=1S/C21H27N3O3/c1-2-6-19(24-20(26)14-16-7-4-3-5-8-16)21(27)23-18(15-25)13-17-9-11-22-12-10-17/h3-5,7-12,18-19,25H,2,6,13-15H2,1H3,(H,23,27)(H,24,26)/t18-,19-/m1/s1. The monoisotopic (exact) mass is 369 g/mol. The van der Waals surface area contributed by atoms with E-state index in [1.54, 1.807) is 12.4 Å². The molecule has 2 rings (SSSR count). The number of rotatable bonds is 10. The van der Waals surface area contributed by atoms with E-state index in [4.69, 9.17) is 0 Å². The molecule has 0 saturated carbocycles. The fraction of sp³-hybridized carbons (Fsp3) is 0.381. The molecular weight excluding hydrogens is 342 g/mol. The molecule has 144 valence electrons. The second kappa shape index (κ2) is 11.1. The number of carbonyl (C=O) groups is 2. The minimum atomic E-state index is -0.613. The number of hydrogen-bond acceptors (Lipinski definition) is 4. The topological polar surface area (TPSA) is 91.3 Å². The Kier molecular flexibility index (Phi) is 8.45. The number of aliphatic hydroxyl groups is 1. The van der Waals surface area contributed by atoms with Crippen molar-refractivity contribution in [2.75, 3.05) is 6.61 Å². The summed E-state index contributed by atoms with van der Waals surface area (Å²) in [7, 11) is 0. The fourth-order valence-electron chi connectivity index (χ4n) is 2.85. The van der Waals surface area contributed by atoms with Crippen LogP contribution in [0.2, 0.25) is 0 Å². The van der Waals surface area contributed by atoms with Crippen LogP contribution in [0, 0.1) is 0 Å². The van der Waals surface area contributed by atoms with Gasteiger partial charge in [0.05, 0.1) is 19.1 Å². The molecule has 0 unspecified atom stereocenters. The van der Waals surface area contributed by atoms with Gasteiger partial charge in [-0.1, -0.05) is 43.7 Å². The average molecular weight is 369 g/mol. The molecule has 6 nitrogen and oxygen atoms in total. The highest BCUT2D eigenvalue weighted by Gasteiger charge is 2.22. The van der Waals surface area contributed by atoms with Gasteiger partial charge in [0.1, 0.15) is 6.04 Å². The highest BCUT2D eigenvalue weighted by atomic mass is 16.3. The minimum absolute atomic E-state index is 0.176. The van der Waals surface area contributed by atoms with Crippen LogP contribution >= 0.6 is 0 Å². The number of nitrogens with one attached hydrogen (secondary N) is 2. The lowest BCUT2D eigenvalue weighted by Crippen LogP contribution is -2.51. The van der Waals surface area contributed by atoms with E-state index >= 15 is 0 Å². The summed E-state index contributed by atoms with van der Waals surface area (Å²) in [6.07, 6.45) is 5.39. The van der Waals surface area contributed by atoms with Gasteiger partial charge in [-0.15, -0.1) is 0 Å². The van der Waals surface area contributed by atoms with Gasteiger partial charge < -0.3 is 15.7 Å². The van der Waals surface area contributed by atoms with Crippen LogP contribution in [0.15, 0.2) is 54.9 Å². The fourth-order valence-corrected chi connectivity index (χ4v) is 2.85. The first kappa shape index (κ1) is 20.6. The summed E-state index contributed by atoms with van der Waals surface area (Å²) < 4.78 is 0.